The Balaban J connectivity index is 1.88. The highest BCUT2D eigenvalue weighted by Crippen LogP contribution is 2.42. The van der Waals surface area contributed by atoms with Gasteiger partial charge < -0.3 is 19.5 Å². The molecule has 2 saturated heterocycles. The van der Waals surface area contributed by atoms with E-state index in [1.165, 1.54) is 11.0 Å². The van der Waals surface area contributed by atoms with Crippen LogP contribution in [0.1, 0.15) is 27.2 Å². The molecule has 0 aromatic heterocycles. The lowest BCUT2D eigenvalue weighted by molar-refractivity contribution is -0.0132. The zero-order valence-corrected chi connectivity index (χ0v) is 13.4. The van der Waals surface area contributed by atoms with Crippen LogP contribution < -0.4 is 0 Å². The number of carbonyl (C=O) groups is 2. The number of hydrogen-bond acceptors (Lipinski definition) is 5. The number of hydrogen-bond donors (Lipinski definition) is 1. The Kier molecular flexibility index (Phi) is 4.37. The van der Waals surface area contributed by atoms with Gasteiger partial charge >= 0.3 is 12.2 Å². The number of amides is 2. The van der Waals surface area contributed by atoms with E-state index in [4.69, 9.17) is 9.47 Å². The lowest BCUT2D eigenvalue weighted by Crippen LogP contribution is -2.59. The monoisotopic (exact) mass is 312 g/mol. The Labute approximate surface area is 130 Å². The van der Waals surface area contributed by atoms with E-state index in [1.807, 2.05) is 0 Å². The Morgan fingerprint density at radius 2 is 1.95 bits per heavy atom. The van der Waals surface area contributed by atoms with Crippen molar-refractivity contribution in [3.63, 3.8) is 0 Å². The average molecular weight is 312 g/mol. The average Bonchev–Trinajstić information content (AvgIpc) is 2.70. The summed E-state index contributed by atoms with van der Waals surface area (Å²) in [5.74, 6) is 0. The summed E-state index contributed by atoms with van der Waals surface area (Å²) in [6.45, 7) is 10.3. The second-order valence-corrected chi connectivity index (χ2v) is 7.01. The predicted molar refractivity (Wildman–Crippen MR) is 79.1 cm³/mol. The molecule has 0 radical (unpaired) electrons. The molecule has 0 aliphatic carbocycles. The summed E-state index contributed by atoms with van der Waals surface area (Å²) < 4.78 is 10.3. The van der Waals surface area contributed by atoms with Crippen molar-refractivity contribution in [1.82, 2.24) is 9.80 Å². The number of carbonyl (C=O) groups excluding carboxylic acids is 2. The molecule has 2 fully saturated rings. The Morgan fingerprint density at radius 3 is 2.50 bits per heavy atom. The van der Waals surface area contributed by atoms with Gasteiger partial charge in [-0.2, -0.15) is 0 Å². The van der Waals surface area contributed by atoms with Crippen molar-refractivity contribution in [2.24, 2.45) is 5.41 Å². The molecule has 124 valence electrons. The number of ether oxygens (including phenoxy) is 2. The van der Waals surface area contributed by atoms with E-state index in [0.717, 1.165) is 0 Å². The summed E-state index contributed by atoms with van der Waals surface area (Å²) >= 11 is 0. The van der Waals surface area contributed by atoms with E-state index in [2.05, 4.69) is 6.58 Å². The molecule has 22 heavy (non-hydrogen) atoms. The number of nitrogens with zero attached hydrogens (tertiary/aromatic N) is 2. The summed E-state index contributed by atoms with van der Waals surface area (Å²) in [4.78, 5) is 26.7. The van der Waals surface area contributed by atoms with Gasteiger partial charge in [-0.15, -0.1) is 0 Å². The lowest BCUT2D eigenvalue weighted by atomic mass is 9.79. The van der Waals surface area contributed by atoms with Gasteiger partial charge in [0.2, 0.25) is 0 Å². The van der Waals surface area contributed by atoms with Crippen LogP contribution >= 0.6 is 0 Å². The van der Waals surface area contributed by atoms with Crippen LogP contribution in [-0.4, -0.2) is 65.2 Å². The third kappa shape index (κ3) is 3.52. The Bertz CT molecular complexity index is 465. The van der Waals surface area contributed by atoms with Crippen LogP contribution in [0.25, 0.3) is 0 Å². The van der Waals surface area contributed by atoms with Crippen LogP contribution in [0.2, 0.25) is 0 Å². The van der Waals surface area contributed by atoms with E-state index in [1.54, 1.807) is 25.7 Å². The molecular weight excluding hydrogens is 288 g/mol. The summed E-state index contributed by atoms with van der Waals surface area (Å²) in [7, 11) is 0. The molecule has 2 aliphatic rings. The molecule has 1 spiro atoms. The minimum absolute atomic E-state index is 0.176. The molecule has 1 unspecified atom stereocenters. The van der Waals surface area contributed by atoms with Crippen LogP contribution in [0, 0.1) is 5.41 Å². The zero-order chi connectivity index (χ0) is 16.5. The van der Waals surface area contributed by atoms with Crippen molar-refractivity contribution >= 4 is 12.2 Å². The van der Waals surface area contributed by atoms with Gasteiger partial charge in [0.25, 0.3) is 0 Å². The third-order valence-electron chi connectivity index (χ3n) is 3.74. The molecule has 7 nitrogen and oxygen atoms in total. The van der Waals surface area contributed by atoms with Gasteiger partial charge in [-0.25, -0.2) is 9.59 Å². The molecule has 2 rings (SSSR count). The van der Waals surface area contributed by atoms with E-state index in [9.17, 15) is 14.7 Å². The third-order valence-corrected chi connectivity index (χ3v) is 3.74. The van der Waals surface area contributed by atoms with E-state index >= 15 is 0 Å². The van der Waals surface area contributed by atoms with Gasteiger partial charge in [0.05, 0.1) is 0 Å². The number of aliphatic hydroxyl groups is 1. The van der Waals surface area contributed by atoms with Gasteiger partial charge in [-0.05, 0) is 20.8 Å². The van der Waals surface area contributed by atoms with Crippen LogP contribution in [0.5, 0.6) is 0 Å². The first-order chi connectivity index (χ1) is 10.2. The quantitative estimate of drug-likeness (QED) is 0.783. The molecule has 2 aliphatic heterocycles. The van der Waals surface area contributed by atoms with Crippen molar-refractivity contribution in [2.45, 2.75) is 39.0 Å². The van der Waals surface area contributed by atoms with Crippen molar-refractivity contribution in [1.29, 1.82) is 0 Å². The van der Waals surface area contributed by atoms with Crippen LogP contribution in [-0.2, 0) is 9.47 Å². The van der Waals surface area contributed by atoms with Crippen LogP contribution in [0.3, 0.4) is 0 Å². The van der Waals surface area contributed by atoms with Gasteiger partial charge in [0.1, 0.15) is 18.4 Å². The van der Waals surface area contributed by atoms with E-state index < -0.39 is 24.0 Å². The Morgan fingerprint density at radius 1 is 1.32 bits per heavy atom. The van der Waals surface area contributed by atoms with Gasteiger partial charge in [-0.3, -0.25) is 4.90 Å². The number of rotatable bonds is 2. The maximum atomic E-state index is 12.1. The van der Waals surface area contributed by atoms with Gasteiger partial charge in [0, 0.05) is 31.5 Å². The first kappa shape index (κ1) is 16.6. The maximum Gasteiger partial charge on any atom is 0.412 e. The molecule has 0 saturated carbocycles. The molecule has 0 aromatic carbocycles. The second kappa shape index (κ2) is 5.79. The first-order valence-electron chi connectivity index (χ1n) is 7.36. The molecule has 2 heterocycles. The highest BCUT2D eigenvalue weighted by atomic mass is 16.6. The summed E-state index contributed by atoms with van der Waals surface area (Å²) in [6, 6.07) is 0. The summed E-state index contributed by atoms with van der Waals surface area (Å²) in [5.41, 5.74) is -0.865. The molecular formula is C15H24N2O5. The van der Waals surface area contributed by atoms with Crippen LogP contribution in [0.4, 0.5) is 9.59 Å². The first-order valence-corrected chi connectivity index (χ1v) is 7.36. The molecule has 0 bridgehead atoms. The Hall–Kier alpha value is -1.76. The fraction of sp³-hybridized carbons (Fsp3) is 0.733. The lowest BCUT2D eigenvalue weighted by Gasteiger charge is -2.46. The standard InChI is InChI=1S/C15H24N2O5/c1-5-6-21-12(19)16-8-15(9-16)7-11(18)17(10-15)13(20)22-14(2,3)4/h5,11,18H,1,6-10H2,2-4H3. The zero-order valence-electron chi connectivity index (χ0n) is 13.4. The summed E-state index contributed by atoms with van der Waals surface area (Å²) in [6.07, 6.45) is 0.163. The fourth-order valence-corrected chi connectivity index (χ4v) is 2.88. The molecule has 0 aromatic rings. The van der Waals surface area contributed by atoms with Gasteiger partial charge in [-0.1, -0.05) is 12.7 Å². The molecule has 2 amide bonds. The molecule has 1 atom stereocenters. The predicted octanol–water partition coefficient (Wildman–Crippen LogP) is 1.57. The van der Waals surface area contributed by atoms with Crippen molar-refractivity contribution in [2.75, 3.05) is 26.2 Å². The maximum absolute atomic E-state index is 12.1. The van der Waals surface area contributed by atoms with Crippen molar-refractivity contribution in [3.05, 3.63) is 12.7 Å². The molecule has 7 heteroatoms. The van der Waals surface area contributed by atoms with E-state index in [-0.39, 0.29) is 12.0 Å². The normalized spacial score (nSPS) is 23.2. The largest absolute Gasteiger partial charge is 0.445 e. The summed E-state index contributed by atoms with van der Waals surface area (Å²) in [5, 5.41) is 10.1. The SMILES string of the molecule is C=CCOC(=O)N1CC2(CC(O)N(C(=O)OC(C)(C)C)C2)C1. The van der Waals surface area contributed by atoms with Crippen LogP contribution in [0.15, 0.2) is 12.7 Å². The minimum atomic E-state index is -0.874. The van der Waals surface area contributed by atoms with E-state index in [0.29, 0.717) is 26.1 Å². The fourth-order valence-electron chi connectivity index (χ4n) is 2.88. The highest BCUT2D eigenvalue weighted by Gasteiger charge is 2.54. The smallest absolute Gasteiger partial charge is 0.412 e. The number of aliphatic hydroxyl groups excluding tert-OH is 1. The topological polar surface area (TPSA) is 79.3 Å². The highest BCUT2D eigenvalue weighted by molar-refractivity contribution is 5.71. The number of likely N-dealkylation sites (tertiary alicyclic amines) is 2. The minimum Gasteiger partial charge on any atom is -0.445 e. The van der Waals surface area contributed by atoms with Crippen molar-refractivity contribution in [3.8, 4) is 0 Å². The second-order valence-electron chi connectivity index (χ2n) is 7.01. The van der Waals surface area contributed by atoms with Gasteiger partial charge in [0.15, 0.2) is 0 Å². The van der Waals surface area contributed by atoms with Crippen molar-refractivity contribution < 1.29 is 24.2 Å². The molecule has 1 N–H and O–H groups in total.